The van der Waals surface area contributed by atoms with E-state index >= 15 is 0 Å². The number of halogens is 1. The van der Waals surface area contributed by atoms with E-state index in [0.29, 0.717) is 24.2 Å². The van der Waals surface area contributed by atoms with Crippen molar-refractivity contribution in [1.82, 2.24) is 9.97 Å². The van der Waals surface area contributed by atoms with E-state index in [2.05, 4.69) is 14.7 Å². The van der Waals surface area contributed by atoms with Crippen molar-refractivity contribution in [1.29, 1.82) is 0 Å². The van der Waals surface area contributed by atoms with Crippen LogP contribution in [0.4, 0.5) is 5.82 Å². The normalized spacial score (nSPS) is 12.7. The van der Waals surface area contributed by atoms with Gasteiger partial charge in [0.2, 0.25) is 5.82 Å². The van der Waals surface area contributed by atoms with Crippen molar-refractivity contribution < 1.29 is 17.9 Å². The van der Waals surface area contributed by atoms with Crippen LogP contribution in [0, 0.1) is 0 Å². The highest BCUT2D eigenvalue weighted by molar-refractivity contribution is 7.92. The molecule has 1 unspecified atom stereocenters. The molecule has 0 fully saturated rings. The Morgan fingerprint density at radius 2 is 1.71 bits per heavy atom. The van der Waals surface area contributed by atoms with Gasteiger partial charge in [-0.3, -0.25) is 4.72 Å². The van der Waals surface area contributed by atoms with Crippen LogP contribution in [0.15, 0.2) is 53.4 Å². The summed E-state index contributed by atoms with van der Waals surface area (Å²) in [6.45, 7) is 4.56. The molecule has 0 radical (unpaired) electrons. The van der Waals surface area contributed by atoms with Gasteiger partial charge in [0.05, 0.1) is 22.7 Å². The van der Waals surface area contributed by atoms with Crippen molar-refractivity contribution >= 4 is 38.5 Å². The Morgan fingerprint density at radius 3 is 2.39 bits per heavy atom. The Labute approximate surface area is 168 Å². The van der Waals surface area contributed by atoms with E-state index in [0.717, 1.165) is 0 Å². The number of rotatable bonds is 8. The molecule has 0 bridgehead atoms. The van der Waals surface area contributed by atoms with Gasteiger partial charge in [-0.1, -0.05) is 35.9 Å². The summed E-state index contributed by atoms with van der Waals surface area (Å²) >= 11 is 6.05. The summed E-state index contributed by atoms with van der Waals surface area (Å²) in [5.74, 6) is 0.0588. The topological polar surface area (TPSA) is 90.4 Å². The van der Waals surface area contributed by atoms with Crippen LogP contribution in [-0.4, -0.2) is 37.7 Å². The third-order valence-corrected chi connectivity index (χ3v) is 5.60. The summed E-state index contributed by atoms with van der Waals surface area (Å²) in [4.78, 5) is 8.75. The molecule has 1 aromatic heterocycles. The number of fused-ring (bicyclic) bond motifs is 1. The fourth-order valence-electron chi connectivity index (χ4n) is 2.49. The first-order valence-corrected chi connectivity index (χ1v) is 10.6. The molecule has 3 aromatic rings. The highest BCUT2D eigenvalue weighted by Crippen LogP contribution is 2.29. The van der Waals surface area contributed by atoms with Gasteiger partial charge in [0, 0.05) is 6.61 Å². The van der Waals surface area contributed by atoms with Crippen molar-refractivity contribution in [3.63, 3.8) is 0 Å². The van der Waals surface area contributed by atoms with E-state index in [1.54, 1.807) is 37.3 Å². The minimum atomic E-state index is -3.98. The first kappa shape index (κ1) is 20.3. The van der Waals surface area contributed by atoms with Crippen molar-refractivity contribution in [2.24, 2.45) is 0 Å². The van der Waals surface area contributed by atoms with Crippen LogP contribution >= 0.6 is 11.6 Å². The average molecular weight is 422 g/mol. The molecule has 1 atom stereocenters. The monoisotopic (exact) mass is 421 g/mol. The van der Waals surface area contributed by atoms with Gasteiger partial charge in [0.1, 0.15) is 11.0 Å². The Morgan fingerprint density at radius 1 is 1.07 bits per heavy atom. The Bertz CT molecular complexity index is 1080. The van der Waals surface area contributed by atoms with Crippen LogP contribution in [0.25, 0.3) is 11.0 Å². The van der Waals surface area contributed by atoms with Gasteiger partial charge in [-0.25, -0.2) is 18.4 Å². The zero-order chi connectivity index (χ0) is 20.1. The number of nitrogens with zero attached hydrogens (tertiary/aromatic N) is 2. The van der Waals surface area contributed by atoms with Crippen molar-refractivity contribution in [3.8, 4) is 5.88 Å². The van der Waals surface area contributed by atoms with Gasteiger partial charge in [-0.15, -0.1) is 0 Å². The first-order chi connectivity index (χ1) is 13.4. The number of hydrogen-bond donors (Lipinski definition) is 1. The number of sulfonamides is 1. The molecule has 9 heteroatoms. The molecule has 0 spiro atoms. The third kappa shape index (κ3) is 4.70. The Kier molecular flexibility index (Phi) is 6.33. The Hall–Kier alpha value is -2.42. The molecular formula is C19H20ClN3O4S. The second-order valence-electron chi connectivity index (χ2n) is 5.99. The first-order valence-electron chi connectivity index (χ1n) is 8.69. The maximum Gasteiger partial charge on any atom is 0.264 e. The molecule has 0 aliphatic carbocycles. The number of anilines is 1. The van der Waals surface area contributed by atoms with E-state index in [1.165, 1.54) is 12.1 Å². The fraction of sp³-hybridized carbons (Fsp3) is 0.263. The summed E-state index contributed by atoms with van der Waals surface area (Å²) in [6.07, 6.45) is -0.348. The number of aromatic nitrogens is 2. The van der Waals surface area contributed by atoms with Crippen molar-refractivity contribution in [3.05, 3.63) is 53.6 Å². The lowest BCUT2D eigenvalue weighted by Gasteiger charge is -2.17. The van der Waals surface area contributed by atoms with Crippen molar-refractivity contribution in [2.75, 3.05) is 17.9 Å². The lowest BCUT2D eigenvalue weighted by molar-refractivity contribution is 0.0638. The van der Waals surface area contributed by atoms with Gasteiger partial charge in [-0.2, -0.15) is 0 Å². The number of benzene rings is 2. The third-order valence-electron chi connectivity index (χ3n) is 3.77. The molecule has 0 aliphatic rings. The molecule has 1 N–H and O–H groups in total. The Balaban J connectivity index is 2.00. The molecule has 1 heterocycles. The predicted octanol–water partition coefficient (Wildman–Crippen LogP) is 3.89. The molecule has 7 nitrogen and oxygen atoms in total. The van der Waals surface area contributed by atoms with Crippen molar-refractivity contribution in [2.45, 2.75) is 24.8 Å². The summed E-state index contributed by atoms with van der Waals surface area (Å²) in [6, 6.07) is 13.3. The van der Waals surface area contributed by atoms with Crippen LogP contribution in [-0.2, 0) is 14.8 Å². The standard InChI is InChI=1S/C19H20ClN3O4S/c1-3-26-12-13(2)27-19-18(21-15-9-5-6-10-16(15)22-19)23-28(24,25)17-11-7-4-8-14(17)20/h4-11,13H,3,12H2,1-2H3,(H,21,23). The quantitative estimate of drug-likeness (QED) is 0.593. The van der Waals surface area contributed by atoms with Gasteiger partial charge in [-0.05, 0) is 38.1 Å². The van der Waals surface area contributed by atoms with Crippen LogP contribution in [0.1, 0.15) is 13.8 Å². The fourth-order valence-corrected chi connectivity index (χ4v) is 4.01. The smallest absolute Gasteiger partial charge is 0.264 e. The number of ether oxygens (including phenoxy) is 2. The van der Waals surface area contributed by atoms with Crippen LogP contribution < -0.4 is 9.46 Å². The second kappa shape index (κ2) is 8.72. The minimum absolute atomic E-state index is 0.0121. The van der Waals surface area contributed by atoms with Gasteiger partial charge >= 0.3 is 0 Å². The maximum absolute atomic E-state index is 12.8. The van der Waals surface area contributed by atoms with Gasteiger partial charge in [0.15, 0.2) is 0 Å². The molecular weight excluding hydrogens is 402 g/mol. The number of nitrogens with one attached hydrogen (secondary N) is 1. The van der Waals surface area contributed by atoms with E-state index in [4.69, 9.17) is 21.1 Å². The summed E-state index contributed by atoms with van der Waals surface area (Å²) in [7, 11) is -3.98. The highest BCUT2D eigenvalue weighted by atomic mass is 35.5. The molecule has 0 saturated heterocycles. The SMILES string of the molecule is CCOCC(C)Oc1nc2ccccc2nc1NS(=O)(=O)c1ccccc1Cl. The van der Waals surface area contributed by atoms with Gasteiger partial charge in [0.25, 0.3) is 15.9 Å². The maximum atomic E-state index is 12.8. The van der Waals surface area contributed by atoms with Crippen LogP contribution in [0.3, 0.4) is 0 Å². The van der Waals surface area contributed by atoms with E-state index in [9.17, 15) is 8.42 Å². The number of para-hydroxylation sites is 2. The number of hydrogen-bond acceptors (Lipinski definition) is 6. The second-order valence-corrected chi connectivity index (χ2v) is 8.05. The zero-order valence-corrected chi connectivity index (χ0v) is 17.0. The largest absolute Gasteiger partial charge is 0.470 e. The minimum Gasteiger partial charge on any atom is -0.470 e. The summed E-state index contributed by atoms with van der Waals surface area (Å²) in [5, 5.41) is 0.107. The molecule has 28 heavy (non-hydrogen) atoms. The molecule has 3 rings (SSSR count). The lowest BCUT2D eigenvalue weighted by atomic mass is 10.3. The lowest BCUT2D eigenvalue weighted by Crippen LogP contribution is -2.22. The highest BCUT2D eigenvalue weighted by Gasteiger charge is 2.22. The van der Waals surface area contributed by atoms with E-state index in [1.807, 2.05) is 13.0 Å². The molecule has 0 amide bonds. The molecule has 0 aliphatic heterocycles. The molecule has 148 valence electrons. The average Bonchev–Trinajstić information content (AvgIpc) is 2.66. The predicted molar refractivity (Wildman–Crippen MR) is 108 cm³/mol. The zero-order valence-electron chi connectivity index (χ0n) is 15.4. The van der Waals surface area contributed by atoms with E-state index in [-0.39, 0.29) is 27.7 Å². The molecule has 0 saturated carbocycles. The van der Waals surface area contributed by atoms with E-state index < -0.39 is 10.0 Å². The van der Waals surface area contributed by atoms with Gasteiger partial charge < -0.3 is 9.47 Å². The van der Waals surface area contributed by atoms with Crippen LogP contribution in [0.2, 0.25) is 5.02 Å². The van der Waals surface area contributed by atoms with Crippen LogP contribution in [0.5, 0.6) is 5.88 Å². The molecule has 2 aromatic carbocycles. The summed E-state index contributed by atoms with van der Waals surface area (Å²) in [5.41, 5.74) is 1.12. The summed E-state index contributed by atoms with van der Waals surface area (Å²) < 4.78 is 39.3.